The predicted octanol–water partition coefficient (Wildman–Crippen LogP) is 7.14. The first-order valence-corrected chi connectivity index (χ1v) is 13.8. The van der Waals surface area contributed by atoms with Gasteiger partial charge >= 0.3 is 5.97 Å². The number of hydrogen-bond donors (Lipinski definition) is 1. The number of hydrogen-bond acceptors (Lipinski definition) is 6. The highest BCUT2D eigenvalue weighted by atomic mass is 32.2. The molecule has 0 radical (unpaired) electrons. The van der Waals surface area contributed by atoms with E-state index in [0.29, 0.717) is 47.0 Å². The number of benzene rings is 4. The van der Waals surface area contributed by atoms with Gasteiger partial charge in [0.25, 0.3) is 5.91 Å². The molecule has 0 unspecified atom stereocenters. The van der Waals surface area contributed by atoms with Crippen molar-refractivity contribution in [2.75, 3.05) is 13.2 Å². The van der Waals surface area contributed by atoms with E-state index in [2.05, 4.69) is 29.3 Å². The van der Waals surface area contributed by atoms with Gasteiger partial charge < -0.3 is 14.6 Å². The van der Waals surface area contributed by atoms with Crippen LogP contribution in [0.1, 0.15) is 35.3 Å². The second kappa shape index (κ2) is 12.1. The van der Waals surface area contributed by atoms with E-state index in [9.17, 15) is 9.59 Å². The molecule has 1 fully saturated rings. The number of nitrogens with zero attached hydrogens (tertiary/aromatic N) is 2. The molecule has 5 rings (SSSR count). The van der Waals surface area contributed by atoms with Crippen LogP contribution >= 0.6 is 11.8 Å². The molecule has 0 aliphatic carbocycles. The Kier molecular flexibility index (Phi) is 8.17. The number of amides is 1. The first kappa shape index (κ1) is 27.0. The lowest BCUT2D eigenvalue weighted by Crippen LogP contribution is -2.28. The molecule has 7 nitrogen and oxygen atoms in total. The average Bonchev–Trinajstić information content (AvgIpc) is 3.26. The number of aromatic carboxylic acids is 1. The van der Waals surface area contributed by atoms with Crippen molar-refractivity contribution in [1.29, 1.82) is 0 Å². The van der Waals surface area contributed by atoms with Gasteiger partial charge in [-0.1, -0.05) is 48.5 Å². The van der Waals surface area contributed by atoms with Crippen molar-refractivity contribution in [1.82, 2.24) is 4.90 Å². The minimum Gasteiger partial charge on any atom is -0.490 e. The molecule has 1 N–H and O–H groups in total. The summed E-state index contributed by atoms with van der Waals surface area (Å²) in [5.74, 6) is 0.0981. The molecular formula is C32H28N2O5S. The Labute approximate surface area is 236 Å². The van der Waals surface area contributed by atoms with Gasteiger partial charge in [0.05, 0.1) is 22.8 Å². The lowest BCUT2D eigenvalue weighted by molar-refractivity contribution is -0.122. The molecule has 4 aromatic rings. The number of amidine groups is 1. The van der Waals surface area contributed by atoms with Crippen LogP contribution in [0.2, 0.25) is 0 Å². The first-order chi connectivity index (χ1) is 19.5. The number of thioether (sulfide) groups is 1. The molecule has 0 saturated carbocycles. The zero-order valence-electron chi connectivity index (χ0n) is 22.2. The lowest BCUT2D eigenvalue weighted by atomic mass is 10.1. The van der Waals surface area contributed by atoms with Crippen LogP contribution in [0.5, 0.6) is 11.5 Å². The fourth-order valence-electron chi connectivity index (χ4n) is 4.39. The van der Waals surface area contributed by atoms with Crippen LogP contribution in [0.25, 0.3) is 16.8 Å². The van der Waals surface area contributed by atoms with Gasteiger partial charge in [0.2, 0.25) is 0 Å². The van der Waals surface area contributed by atoms with Crippen molar-refractivity contribution in [3.8, 4) is 11.5 Å². The number of carboxylic acids is 1. The predicted molar refractivity (Wildman–Crippen MR) is 159 cm³/mol. The Morgan fingerprint density at radius 2 is 1.73 bits per heavy atom. The van der Waals surface area contributed by atoms with Crippen molar-refractivity contribution < 1.29 is 24.2 Å². The third-order valence-corrected chi connectivity index (χ3v) is 7.38. The summed E-state index contributed by atoms with van der Waals surface area (Å²) >= 11 is 1.28. The summed E-state index contributed by atoms with van der Waals surface area (Å²) in [5, 5.41) is 12.0. The van der Waals surface area contributed by atoms with E-state index in [4.69, 9.17) is 14.6 Å². The van der Waals surface area contributed by atoms with Crippen LogP contribution < -0.4 is 9.47 Å². The molecule has 40 heavy (non-hydrogen) atoms. The molecule has 0 bridgehead atoms. The fraction of sp³-hybridized carbons (Fsp3) is 0.156. The summed E-state index contributed by atoms with van der Waals surface area (Å²) in [5.41, 5.74) is 2.65. The maximum Gasteiger partial charge on any atom is 0.335 e. The number of aliphatic imine (C=N–C) groups is 1. The highest BCUT2D eigenvalue weighted by molar-refractivity contribution is 8.18. The maximum atomic E-state index is 13.2. The Morgan fingerprint density at radius 3 is 2.48 bits per heavy atom. The van der Waals surface area contributed by atoms with E-state index in [0.717, 1.165) is 21.9 Å². The van der Waals surface area contributed by atoms with Crippen molar-refractivity contribution >= 4 is 51.3 Å². The SMILES string of the molecule is CCOc1cc(/C=C2/SC(=Nc3ccc(C(=O)O)cc3)N(CC)C2=O)ccc1OCc1cccc2ccccc12. The average molecular weight is 553 g/mol. The number of carboxylic acid groups (broad SMARTS) is 1. The summed E-state index contributed by atoms with van der Waals surface area (Å²) in [6.07, 6.45) is 1.82. The van der Waals surface area contributed by atoms with Crippen LogP contribution in [0.3, 0.4) is 0 Å². The van der Waals surface area contributed by atoms with E-state index >= 15 is 0 Å². The van der Waals surface area contributed by atoms with Crippen LogP contribution in [-0.2, 0) is 11.4 Å². The van der Waals surface area contributed by atoms with Crippen molar-refractivity contribution in [2.45, 2.75) is 20.5 Å². The standard InChI is InChI=1S/C32H28N2O5S/c1-3-34-30(35)29(40-32(34)33-25-15-13-23(14-16-25)31(36)37)19-21-12-17-27(28(18-21)38-4-2)39-20-24-10-7-9-22-8-5-6-11-26(22)24/h5-19H,3-4,20H2,1-2H3,(H,36,37)/b29-19+,33-32?. The summed E-state index contributed by atoms with van der Waals surface area (Å²) in [6.45, 7) is 5.13. The monoisotopic (exact) mass is 552 g/mol. The summed E-state index contributed by atoms with van der Waals surface area (Å²) in [7, 11) is 0. The third kappa shape index (κ3) is 5.87. The number of carbonyl (C=O) groups is 2. The zero-order chi connectivity index (χ0) is 28.1. The molecule has 1 aliphatic heterocycles. The van der Waals surface area contributed by atoms with Gasteiger partial charge in [-0.2, -0.15) is 0 Å². The Balaban J connectivity index is 1.37. The largest absolute Gasteiger partial charge is 0.490 e. The summed E-state index contributed by atoms with van der Waals surface area (Å²) in [4.78, 5) is 31.0. The number of ether oxygens (including phenoxy) is 2. The molecule has 4 aromatic carbocycles. The van der Waals surface area contributed by atoms with Gasteiger partial charge in [0, 0.05) is 6.54 Å². The molecular weight excluding hydrogens is 524 g/mol. The highest BCUT2D eigenvalue weighted by Gasteiger charge is 2.32. The van der Waals surface area contributed by atoms with Crippen molar-refractivity contribution in [3.05, 3.63) is 107 Å². The summed E-state index contributed by atoms with van der Waals surface area (Å²) < 4.78 is 12.1. The van der Waals surface area contributed by atoms with Gasteiger partial charge in [0.15, 0.2) is 16.7 Å². The van der Waals surface area contributed by atoms with Crippen LogP contribution in [0.4, 0.5) is 5.69 Å². The molecule has 1 aliphatic rings. The molecule has 1 heterocycles. The number of carbonyl (C=O) groups excluding carboxylic acids is 1. The van der Waals surface area contributed by atoms with Crippen molar-refractivity contribution in [3.63, 3.8) is 0 Å². The normalized spacial score (nSPS) is 15.2. The van der Waals surface area contributed by atoms with Gasteiger partial charge in [-0.15, -0.1) is 0 Å². The molecule has 1 saturated heterocycles. The number of likely N-dealkylation sites (N-methyl/N-ethyl adjacent to an activating group) is 1. The molecule has 1 amide bonds. The first-order valence-electron chi connectivity index (χ1n) is 13.0. The topological polar surface area (TPSA) is 88.4 Å². The number of rotatable bonds is 9. The second-order valence-electron chi connectivity index (χ2n) is 8.97. The van der Waals surface area contributed by atoms with Crippen LogP contribution in [0.15, 0.2) is 94.8 Å². The van der Waals surface area contributed by atoms with E-state index in [1.54, 1.807) is 17.0 Å². The molecule has 0 atom stereocenters. The third-order valence-electron chi connectivity index (χ3n) is 6.37. The highest BCUT2D eigenvalue weighted by Crippen LogP contribution is 2.36. The van der Waals surface area contributed by atoms with E-state index in [1.807, 2.05) is 56.3 Å². The molecule has 0 spiro atoms. The van der Waals surface area contributed by atoms with Gasteiger partial charge in [-0.05, 0) is 90.0 Å². The van der Waals surface area contributed by atoms with Gasteiger partial charge in [0.1, 0.15) is 6.61 Å². The maximum absolute atomic E-state index is 13.2. The molecule has 202 valence electrons. The smallest absolute Gasteiger partial charge is 0.335 e. The second-order valence-corrected chi connectivity index (χ2v) is 9.98. The summed E-state index contributed by atoms with van der Waals surface area (Å²) in [6, 6.07) is 26.3. The van der Waals surface area contributed by atoms with E-state index in [1.165, 1.54) is 23.9 Å². The quantitative estimate of drug-likeness (QED) is 0.222. The lowest BCUT2D eigenvalue weighted by Gasteiger charge is -2.14. The fourth-order valence-corrected chi connectivity index (χ4v) is 5.45. The van der Waals surface area contributed by atoms with Gasteiger partial charge in [-0.3, -0.25) is 9.69 Å². The number of fused-ring (bicyclic) bond motifs is 1. The van der Waals surface area contributed by atoms with Crippen LogP contribution in [-0.4, -0.2) is 40.2 Å². The minimum absolute atomic E-state index is 0.136. The van der Waals surface area contributed by atoms with E-state index in [-0.39, 0.29) is 11.5 Å². The van der Waals surface area contributed by atoms with Crippen molar-refractivity contribution in [2.24, 2.45) is 4.99 Å². The van der Waals surface area contributed by atoms with Gasteiger partial charge in [-0.25, -0.2) is 9.79 Å². The Hall–Kier alpha value is -4.56. The molecule has 0 aromatic heterocycles. The molecule has 8 heteroatoms. The van der Waals surface area contributed by atoms with Crippen LogP contribution in [0, 0.1) is 0 Å². The zero-order valence-corrected chi connectivity index (χ0v) is 23.0. The Bertz CT molecular complexity index is 1620. The minimum atomic E-state index is -0.999. The Morgan fingerprint density at radius 1 is 0.950 bits per heavy atom. The van der Waals surface area contributed by atoms with E-state index < -0.39 is 5.97 Å².